The predicted octanol–water partition coefficient (Wildman–Crippen LogP) is 0.251. The minimum Gasteiger partial charge on any atom is -0.548 e. The molecule has 0 spiro atoms. The molecule has 0 radical (unpaired) electrons. The number of carbonyl (C=O) groups is 3. The molecule has 0 saturated carbocycles. The van der Waals surface area contributed by atoms with Gasteiger partial charge in [0, 0.05) is 28.8 Å². The number of aryl methyl sites for hydroxylation is 3. The first-order valence-corrected chi connectivity index (χ1v) is 10.1. The third kappa shape index (κ3) is 4.16. The topological polar surface area (TPSA) is 142 Å². The summed E-state index contributed by atoms with van der Waals surface area (Å²) in [6, 6.07) is 3.67. The molecule has 162 valence electrons. The van der Waals surface area contributed by atoms with Gasteiger partial charge in [0.2, 0.25) is 11.8 Å². The molecule has 2 aromatic heterocycles. The molecule has 9 nitrogen and oxygen atoms in total. The Balaban J connectivity index is 1.58. The van der Waals surface area contributed by atoms with E-state index in [1.165, 1.54) is 5.56 Å². The van der Waals surface area contributed by atoms with Crippen LogP contribution in [0.5, 0.6) is 0 Å². The summed E-state index contributed by atoms with van der Waals surface area (Å²) in [6.45, 7) is 0.701. The summed E-state index contributed by atoms with van der Waals surface area (Å²) in [4.78, 5) is 46.6. The summed E-state index contributed by atoms with van der Waals surface area (Å²) in [5, 5.41) is 16.5. The molecule has 3 aromatic rings. The van der Waals surface area contributed by atoms with Crippen molar-refractivity contribution in [2.75, 3.05) is 13.1 Å². The van der Waals surface area contributed by atoms with Gasteiger partial charge in [-0.1, -0.05) is 0 Å². The van der Waals surface area contributed by atoms with E-state index in [9.17, 15) is 24.3 Å². The minimum atomic E-state index is -1.43. The molecule has 0 atom stereocenters. The van der Waals surface area contributed by atoms with Crippen LogP contribution in [0.15, 0.2) is 25.8 Å². The van der Waals surface area contributed by atoms with E-state index in [2.05, 4.69) is 10.6 Å². The first-order valence-electron chi connectivity index (χ1n) is 10.1. The summed E-state index contributed by atoms with van der Waals surface area (Å²) < 4.78 is 11.4. The van der Waals surface area contributed by atoms with E-state index in [0.29, 0.717) is 16.7 Å². The lowest BCUT2D eigenvalue weighted by molar-refractivity contribution is -0.304. The number of carbonyl (C=O) groups excluding carboxylic acids is 3. The van der Waals surface area contributed by atoms with E-state index in [1.807, 2.05) is 6.07 Å². The van der Waals surface area contributed by atoms with Gasteiger partial charge in [-0.05, 0) is 37.8 Å². The number of furan rings is 1. The molecule has 0 aliphatic heterocycles. The minimum absolute atomic E-state index is 0.205. The van der Waals surface area contributed by atoms with Crippen molar-refractivity contribution < 1.29 is 28.3 Å². The van der Waals surface area contributed by atoms with Crippen LogP contribution in [0.2, 0.25) is 0 Å². The molecular formula is C22H21N2O7-. The summed E-state index contributed by atoms with van der Waals surface area (Å²) in [5.41, 5.74) is 2.49. The Labute approximate surface area is 176 Å². The van der Waals surface area contributed by atoms with Gasteiger partial charge in [-0.2, -0.15) is 0 Å². The largest absolute Gasteiger partial charge is 0.548 e. The summed E-state index contributed by atoms with van der Waals surface area (Å²) in [5.74, 6) is -1.68. The first-order chi connectivity index (χ1) is 14.8. The van der Waals surface area contributed by atoms with Crippen LogP contribution in [-0.4, -0.2) is 30.9 Å². The lowest BCUT2D eigenvalue weighted by Crippen LogP contribution is -2.43. The summed E-state index contributed by atoms with van der Waals surface area (Å²) >= 11 is 0. The number of benzene rings is 1. The highest BCUT2D eigenvalue weighted by Gasteiger charge is 2.21. The van der Waals surface area contributed by atoms with Crippen LogP contribution in [0.3, 0.4) is 0 Å². The molecular weight excluding hydrogens is 404 g/mol. The maximum Gasteiger partial charge on any atom is 0.340 e. The fourth-order valence-electron chi connectivity index (χ4n) is 3.98. The average molecular weight is 425 g/mol. The molecule has 0 bridgehead atoms. The maximum absolute atomic E-state index is 12.5. The third-order valence-electron chi connectivity index (χ3n) is 5.58. The van der Waals surface area contributed by atoms with E-state index in [1.54, 1.807) is 13.0 Å². The van der Waals surface area contributed by atoms with Crippen molar-refractivity contribution in [1.29, 1.82) is 0 Å². The number of carboxylic acids is 1. The Hall–Kier alpha value is -3.62. The fourth-order valence-corrected chi connectivity index (χ4v) is 3.98. The van der Waals surface area contributed by atoms with Crippen LogP contribution < -0.4 is 21.4 Å². The van der Waals surface area contributed by atoms with Crippen molar-refractivity contribution in [3.8, 4) is 0 Å². The Morgan fingerprint density at radius 3 is 2.45 bits per heavy atom. The number of carboxylic acid groups (broad SMARTS) is 1. The second kappa shape index (κ2) is 8.25. The molecule has 4 rings (SSSR count). The number of fused-ring (bicyclic) bond motifs is 4. The first kappa shape index (κ1) is 20.6. The zero-order chi connectivity index (χ0) is 22.1. The number of hydrogen-bond acceptors (Lipinski definition) is 7. The van der Waals surface area contributed by atoms with Crippen LogP contribution in [-0.2, 0) is 33.6 Å². The molecule has 0 unspecified atom stereocenters. The van der Waals surface area contributed by atoms with E-state index < -0.39 is 36.5 Å². The monoisotopic (exact) mass is 425 g/mol. The number of nitrogens with one attached hydrogen (secondary N) is 2. The van der Waals surface area contributed by atoms with Crippen molar-refractivity contribution in [1.82, 2.24) is 10.6 Å². The molecule has 2 heterocycles. The molecule has 1 aliphatic carbocycles. The van der Waals surface area contributed by atoms with Crippen LogP contribution in [0.1, 0.15) is 35.3 Å². The Morgan fingerprint density at radius 1 is 0.968 bits per heavy atom. The van der Waals surface area contributed by atoms with Gasteiger partial charge in [0.25, 0.3) is 0 Å². The predicted molar refractivity (Wildman–Crippen MR) is 108 cm³/mol. The van der Waals surface area contributed by atoms with Gasteiger partial charge in [0.05, 0.1) is 31.0 Å². The van der Waals surface area contributed by atoms with Crippen LogP contribution in [0.25, 0.3) is 21.9 Å². The Morgan fingerprint density at radius 2 is 1.68 bits per heavy atom. The molecule has 2 N–H and O–H groups in total. The van der Waals surface area contributed by atoms with Gasteiger partial charge in [-0.25, -0.2) is 4.79 Å². The molecule has 31 heavy (non-hydrogen) atoms. The van der Waals surface area contributed by atoms with Crippen molar-refractivity contribution in [2.24, 2.45) is 0 Å². The van der Waals surface area contributed by atoms with E-state index in [0.717, 1.165) is 42.2 Å². The van der Waals surface area contributed by atoms with E-state index in [4.69, 9.17) is 8.83 Å². The van der Waals surface area contributed by atoms with Gasteiger partial charge in [-0.15, -0.1) is 0 Å². The normalized spacial score (nSPS) is 13.2. The zero-order valence-electron chi connectivity index (χ0n) is 17.0. The lowest BCUT2D eigenvalue weighted by Gasteiger charge is -2.10. The Bertz CT molecular complexity index is 1270. The fraction of sp³-hybridized carbons (Fsp3) is 0.364. The molecule has 9 heteroatoms. The van der Waals surface area contributed by atoms with Gasteiger partial charge in [0.15, 0.2) is 0 Å². The SMILES string of the molecule is Cc1c(CC(=O)NCC(=O)NCC(=O)[O-])c(=O)oc2cc3oc4c(c3cc12)CCCC4. The summed E-state index contributed by atoms with van der Waals surface area (Å²) in [6.07, 6.45) is 3.76. The second-order valence-electron chi connectivity index (χ2n) is 7.65. The summed E-state index contributed by atoms with van der Waals surface area (Å²) in [7, 11) is 0. The number of aliphatic carboxylic acids is 1. The van der Waals surface area contributed by atoms with E-state index in [-0.39, 0.29) is 12.0 Å². The quantitative estimate of drug-likeness (QED) is 0.539. The van der Waals surface area contributed by atoms with Crippen LogP contribution in [0, 0.1) is 6.92 Å². The second-order valence-corrected chi connectivity index (χ2v) is 7.65. The molecule has 1 aliphatic rings. The Kier molecular flexibility index (Phi) is 5.50. The van der Waals surface area contributed by atoms with Gasteiger partial charge < -0.3 is 29.4 Å². The number of rotatable bonds is 6. The smallest absolute Gasteiger partial charge is 0.340 e. The van der Waals surface area contributed by atoms with Crippen molar-refractivity contribution in [3.05, 3.63) is 45.0 Å². The van der Waals surface area contributed by atoms with Gasteiger partial charge in [-0.3, -0.25) is 9.59 Å². The molecule has 2 amide bonds. The van der Waals surface area contributed by atoms with Gasteiger partial charge >= 0.3 is 5.63 Å². The standard InChI is InChI=1S/C22H22N2O7/c1-11-13-6-15-12-4-2-3-5-16(12)30-18(15)8-17(13)31-22(29)14(11)7-19(25)23-9-20(26)24-10-21(27)28/h6,8H,2-5,7,9-10H2,1H3,(H,23,25)(H,24,26)(H,27,28)/p-1. The van der Waals surface area contributed by atoms with E-state index >= 15 is 0 Å². The highest BCUT2D eigenvalue weighted by atomic mass is 16.4. The maximum atomic E-state index is 12.5. The average Bonchev–Trinajstić information content (AvgIpc) is 3.10. The highest BCUT2D eigenvalue weighted by molar-refractivity contribution is 5.97. The number of hydrogen-bond donors (Lipinski definition) is 2. The molecule has 1 aromatic carbocycles. The van der Waals surface area contributed by atoms with Crippen molar-refractivity contribution in [2.45, 2.75) is 39.0 Å². The lowest BCUT2D eigenvalue weighted by atomic mass is 9.94. The van der Waals surface area contributed by atoms with Crippen LogP contribution >= 0.6 is 0 Å². The van der Waals surface area contributed by atoms with Crippen molar-refractivity contribution >= 4 is 39.7 Å². The zero-order valence-corrected chi connectivity index (χ0v) is 17.0. The molecule has 0 fully saturated rings. The van der Waals surface area contributed by atoms with Gasteiger partial charge in [0.1, 0.15) is 16.9 Å². The molecule has 0 saturated heterocycles. The highest BCUT2D eigenvalue weighted by Crippen LogP contribution is 2.35. The number of amides is 2. The van der Waals surface area contributed by atoms with Crippen molar-refractivity contribution in [3.63, 3.8) is 0 Å². The van der Waals surface area contributed by atoms with Crippen LogP contribution in [0.4, 0.5) is 0 Å². The third-order valence-corrected chi connectivity index (χ3v) is 5.58.